The van der Waals surface area contributed by atoms with Crippen molar-refractivity contribution in [3.05, 3.63) is 35.6 Å². The largest absolute Gasteiger partial charge is 0.383 e. The Morgan fingerprint density at radius 2 is 1.85 bits per heavy atom. The first-order valence-electron chi connectivity index (χ1n) is 8.60. The maximum atomic E-state index is 13.2. The molecule has 0 atom stereocenters. The van der Waals surface area contributed by atoms with Crippen molar-refractivity contribution in [1.82, 2.24) is 15.1 Å². The molecule has 146 valence electrons. The van der Waals surface area contributed by atoms with Crippen LogP contribution in [0, 0.1) is 5.82 Å². The average molecular weight is 388 g/mol. The molecule has 8 heteroatoms. The number of carbonyl (C=O) groups is 2. The number of nitrogens with zero attached hydrogens (tertiary/aromatic N) is 2. The molecule has 1 aromatic rings. The third-order valence-electron chi connectivity index (χ3n) is 4.20. The second-order valence-electron chi connectivity index (χ2n) is 6.09. The van der Waals surface area contributed by atoms with E-state index in [1.165, 1.54) is 12.1 Å². The van der Waals surface area contributed by atoms with Gasteiger partial charge in [0.1, 0.15) is 5.82 Å². The molecule has 0 spiro atoms. The second kappa shape index (κ2) is 11.8. The topological polar surface area (TPSA) is 61.9 Å². The van der Waals surface area contributed by atoms with E-state index in [0.717, 1.165) is 6.42 Å². The van der Waals surface area contributed by atoms with Gasteiger partial charge in [-0.05, 0) is 24.1 Å². The summed E-state index contributed by atoms with van der Waals surface area (Å²) in [6.45, 7) is 3.78. The molecule has 1 saturated heterocycles. The Kier molecular flexibility index (Phi) is 10.2. The highest BCUT2D eigenvalue weighted by atomic mass is 35.5. The van der Waals surface area contributed by atoms with Crippen molar-refractivity contribution < 1.29 is 18.7 Å². The molecular formula is C18H27ClFN3O3. The summed E-state index contributed by atoms with van der Waals surface area (Å²) in [4.78, 5) is 28.2. The minimum Gasteiger partial charge on any atom is -0.383 e. The summed E-state index contributed by atoms with van der Waals surface area (Å²) in [5.74, 6) is -0.326. The predicted molar refractivity (Wildman–Crippen MR) is 99.9 cm³/mol. The van der Waals surface area contributed by atoms with E-state index in [1.54, 1.807) is 29.0 Å². The number of ether oxygens (including phenoxy) is 1. The third kappa shape index (κ3) is 7.27. The Balaban J connectivity index is 0.00000338. The lowest BCUT2D eigenvalue weighted by molar-refractivity contribution is -0.132. The van der Waals surface area contributed by atoms with Crippen LogP contribution in [-0.2, 0) is 20.7 Å². The van der Waals surface area contributed by atoms with Crippen molar-refractivity contribution in [3.8, 4) is 0 Å². The van der Waals surface area contributed by atoms with E-state index in [1.807, 2.05) is 0 Å². The first-order chi connectivity index (χ1) is 12.1. The van der Waals surface area contributed by atoms with E-state index in [4.69, 9.17) is 4.74 Å². The molecule has 0 saturated carbocycles. The zero-order chi connectivity index (χ0) is 18.1. The molecule has 1 fully saturated rings. The number of hydrogen-bond donors (Lipinski definition) is 1. The van der Waals surface area contributed by atoms with Crippen LogP contribution in [0.3, 0.4) is 0 Å². The van der Waals surface area contributed by atoms with Gasteiger partial charge in [0, 0.05) is 39.8 Å². The van der Waals surface area contributed by atoms with Crippen LogP contribution in [0.1, 0.15) is 12.0 Å². The van der Waals surface area contributed by atoms with Gasteiger partial charge in [0.05, 0.1) is 19.6 Å². The number of carbonyl (C=O) groups excluding carboxylic acids is 2. The molecule has 26 heavy (non-hydrogen) atoms. The summed E-state index contributed by atoms with van der Waals surface area (Å²) < 4.78 is 18.2. The summed E-state index contributed by atoms with van der Waals surface area (Å²) in [6, 6.07) is 6.11. The lowest BCUT2D eigenvalue weighted by Crippen LogP contribution is -2.41. The summed E-state index contributed by atoms with van der Waals surface area (Å²) in [7, 11) is 1.62. The zero-order valence-corrected chi connectivity index (χ0v) is 15.9. The highest BCUT2D eigenvalue weighted by molar-refractivity contribution is 5.85. The first kappa shape index (κ1) is 22.3. The van der Waals surface area contributed by atoms with Gasteiger partial charge in [-0.1, -0.05) is 12.1 Å². The minimum atomic E-state index is -0.334. The molecule has 2 amide bonds. The highest BCUT2D eigenvalue weighted by Crippen LogP contribution is 2.09. The standard InChI is InChI=1S/C18H26FN3O3.ClH/c1-25-11-6-20-14-18(24)22-8-3-7-21(9-10-22)17(23)13-15-4-2-5-16(19)12-15;/h2,4-5,12,20H,3,6-11,13-14H2,1H3;1H. The Bertz CT molecular complexity index is 589. The van der Waals surface area contributed by atoms with E-state index >= 15 is 0 Å². The second-order valence-corrected chi connectivity index (χ2v) is 6.09. The molecular weight excluding hydrogens is 361 g/mol. The van der Waals surface area contributed by atoms with E-state index in [9.17, 15) is 14.0 Å². The number of rotatable bonds is 7. The van der Waals surface area contributed by atoms with Crippen LogP contribution in [0.25, 0.3) is 0 Å². The predicted octanol–water partition coefficient (Wildman–Crippen LogP) is 1.09. The fourth-order valence-corrected chi connectivity index (χ4v) is 2.83. The Hall–Kier alpha value is -1.70. The molecule has 1 heterocycles. The molecule has 1 N–H and O–H groups in total. The Labute approximate surface area is 160 Å². The van der Waals surface area contributed by atoms with Crippen LogP contribution in [-0.4, -0.2) is 74.6 Å². The quantitative estimate of drug-likeness (QED) is 0.711. The number of nitrogens with one attached hydrogen (secondary N) is 1. The van der Waals surface area contributed by atoms with E-state index in [2.05, 4.69) is 5.32 Å². The molecule has 0 aliphatic carbocycles. The number of halogens is 2. The molecule has 0 bridgehead atoms. The molecule has 6 nitrogen and oxygen atoms in total. The maximum absolute atomic E-state index is 13.2. The number of benzene rings is 1. The fourth-order valence-electron chi connectivity index (χ4n) is 2.83. The molecule has 1 aromatic carbocycles. The minimum absolute atomic E-state index is 0. The van der Waals surface area contributed by atoms with Crippen LogP contribution in [0.4, 0.5) is 4.39 Å². The van der Waals surface area contributed by atoms with Gasteiger partial charge in [-0.2, -0.15) is 0 Å². The van der Waals surface area contributed by atoms with E-state index < -0.39 is 0 Å². The molecule has 1 aliphatic heterocycles. The van der Waals surface area contributed by atoms with E-state index in [0.29, 0.717) is 44.9 Å². The van der Waals surface area contributed by atoms with Gasteiger partial charge in [-0.3, -0.25) is 9.59 Å². The van der Waals surface area contributed by atoms with Gasteiger partial charge >= 0.3 is 0 Å². The normalized spacial score (nSPS) is 14.5. The summed E-state index contributed by atoms with van der Waals surface area (Å²) >= 11 is 0. The van der Waals surface area contributed by atoms with Crippen molar-refractivity contribution >= 4 is 24.2 Å². The highest BCUT2D eigenvalue weighted by Gasteiger charge is 2.21. The van der Waals surface area contributed by atoms with Crippen molar-refractivity contribution in [2.75, 3.05) is 53.0 Å². The van der Waals surface area contributed by atoms with Crippen molar-refractivity contribution in [1.29, 1.82) is 0 Å². The van der Waals surface area contributed by atoms with Gasteiger partial charge < -0.3 is 19.9 Å². The Morgan fingerprint density at radius 3 is 2.50 bits per heavy atom. The van der Waals surface area contributed by atoms with Crippen molar-refractivity contribution in [2.24, 2.45) is 0 Å². The summed E-state index contributed by atoms with van der Waals surface area (Å²) in [5.41, 5.74) is 0.671. The van der Waals surface area contributed by atoms with Crippen LogP contribution in [0.15, 0.2) is 24.3 Å². The van der Waals surface area contributed by atoms with E-state index in [-0.39, 0.29) is 43.0 Å². The molecule has 2 rings (SSSR count). The van der Waals surface area contributed by atoms with Crippen LogP contribution >= 0.6 is 12.4 Å². The SMILES string of the molecule is COCCNCC(=O)N1CCCN(C(=O)Cc2cccc(F)c2)CC1.Cl. The monoisotopic (exact) mass is 387 g/mol. The molecule has 0 unspecified atom stereocenters. The number of amides is 2. The summed E-state index contributed by atoms with van der Waals surface area (Å²) in [6.07, 6.45) is 0.934. The number of hydrogen-bond acceptors (Lipinski definition) is 4. The zero-order valence-electron chi connectivity index (χ0n) is 15.1. The lowest BCUT2D eigenvalue weighted by atomic mass is 10.1. The maximum Gasteiger partial charge on any atom is 0.236 e. The Morgan fingerprint density at radius 1 is 1.15 bits per heavy atom. The smallest absolute Gasteiger partial charge is 0.236 e. The third-order valence-corrected chi connectivity index (χ3v) is 4.20. The average Bonchev–Trinajstić information content (AvgIpc) is 2.85. The van der Waals surface area contributed by atoms with Crippen LogP contribution < -0.4 is 5.32 Å². The molecule has 0 radical (unpaired) electrons. The van der Waals surface area contributed by atoms with Gasteiger partial charge in [-0.15, -0.1) is 12.4 Å². The first-order valence-corrected chi connectivity index (χ1v) is 8.60. The van der Waals surface area contributed by atoms with Gasteiger partial charge in [0.2, 0.25) is 11.8 Å². The van der Waals surface area contributed by atoms with Crippen LogP contribution in [0.2, 0.25) is 0 Å². The van der Waals surface area contributed by atoms with Crippen molar-refractivity contribution in [3.63, 3.8) is 0 Å². The van der Waals surface area contributed by atoms with Crippen LogP contribution in [0.5, 0.6) is 0 Å². The molecule has 1 aliphatic rings. The molecule has 0 aromatic heterocycles. The van der Waals surface area contributed by atoms with Gasteiger partial charge in [0.15, 0.2) is 0 Å². The van der Waals surface area contributed by atoms with Crippen molar-refractivity contribution in [2.45, 2.75) is 12.8 Å². The fraction of sp³-hybridized carbons (Fsp3) is 0.556. The van der Waals surface area contributed by atoms with Gasteiger partial charge in [-0.25, -0.2) is 4.39 Å². The van der Waals surface area contributed by atoms with Gasteiger partial charge in [0.25, 0.3) is 0 Å². The lowest BCUT2D eigenvalue weighted by Gasteiger charge is -2.22. The number of methoxy groups -OCH3 is 1. The summed E-state index contributed by atoms with van der Waals surface area (Å²) in [5, 5.41) is 3.04.